The summed E-state index contributed by atoms with van der Waals surface area (Å²) in [6.45, 7) is 0.912. The third kappa shape index (κ3) is 5.08. The van der Waals surface area contributed by atoms with Crippen molar-refractivity contribution in [1.29, 1.82) is 0 Å². The summed E-state index contributed by atoms with van der Waals surface area (Å²) in [5.74, 6) is 0.274. The molecule has 0 atom stereocenters. The molecule has 2 aromatic rings. The Morgan fingerprint density at radius 1 is 1.57 bits per heavy atom. The van der Waals surface area contributed by atoms with Crippen molar-refractivity contribution in [3.63, 3.8) is 0 Å². The zero-order chi connectivity index (χ0) is 16.8. The zero-order valence-electron chi connectivity index (χ0n) is 12.2. The normalized spacial score (nSPS) is 11.0. The minimum Gasteiger partial charge on any atom is -0.394 e. The van der Waals surface area contributed by atoms with Crippen molar-refractivity contribution >= 4 is 40.9 Å². The first kappa shape index (κ1) is 17.5. The molecule has 2 rings (SSSR count). The number of hydrogen-bond acceptors (Lipinski definition) is 9. The van der Waals surface area contributed by atoms with Gasteiger partial charge >= 0.3 is 0 Å². The Hall–Kier alpha value is -1.85. The molecular formula is C12H16ClN7O2S. The van der Waals surface area contributed by atoms with Crippen LogP contribution >= 0.6 is 23.7 Å². The summed E-state index contributed by atoms with van der Waals surface area (Å²) in [5.41, 5.74) is 6.13. The highest BCUT2D eigenvalue weighted by Crippen LogP contribution is 2.19. The van der Waals surface area contributed by atoms with E-state index in [0.717, 1.165) is 16.6 Å². The van der Waals surface area contributed by atoms with E-state index < -0.39 is 0 Å². The molecule has 0 fully saturated rings. The topological polar surface area (TPSA) is 121 Å². The van der Waals surface area contributed by atoms with E-state index in [2.05, 4.69) is 20.0 Å². The van der Waals surface area contributed by atoms with Crippen LogP contribution in [-0.4, -0.2) is 37.8 Å². The molecule has 0 aromatic carbocycles. The minimum absolute atomic E-state index is 0.0345. The number of nitrogens with one attached hydrogen (secondary N) is 2. The van der Waals surface area contributed by atoms with Gasteiger partial charge in [0.2, 0.25) is 5.28 Å². The Bertz CT molecular complexity index is 725. The number of pyridine rings is 1. The van der Waals surface area contributed by atoms with E-state index in [4.69, 9.17) is 22.5 Å². The van der Waals surface area contributed by atoms with Gasteiger partial charge in [0.05, 0.1) is 11.9 Å². The predicted molar refractivity (Wildman–Crippen MR) is 90.6 cm³/mol. The molecule has 0 spiro atoms. The summed E-state index contributed by atoms with van der Waals surface area (Å²) >= 11 is 6.75. The summed E-state index contributed by atoms with van der Waals surface area (Å²) < 4.78 is 5.35. The van der Waals surface area contributed by atoms with E-state index in [1.807, 2.05) is 0 Å². The Labute approximate surface area is 141 Å². The van der Waals surface area contributed by atoms with Crippen LogP contribution < -0.4 is 21.3 Å². The molecule has 0 unspecified atom stereocenters. The van der Waals surface area contributed by atoms with Crippen molar-refractivity contribution in [1.82, 2.24) is 23.7 Å². The number of hydroxylamine groups is 1. The van der Waals surface area contributed by atoms with Crippen LogP contribution in [0.4, 0.5) is 17.2 Å². The highest BCUT2D eigenvalue weighted by atomic mass is 35.5. The lowest BCUT2D eigenvalue weighted by atomic mass is 10.3. The first-order chi connectivity index (χ1) is 11.0. The summed E-state index contributed by atoms with van der Waals surface area (Å²) in [6.07, 6.45) is 3.03. The number of hydrogen-bond donors (Lipinski definition) is 4. The van der Waals surface area contributed by atoms with Crippen LogP contribution in [0.5, 0.6) is 0 Å². The van der Waals surface area contributed by atoms with E-state index in [-0.39, 0.29) is 22.3 Å². The number of anilines is 3. The molecule has 0 saturated carbocycles. The molecule has 0 bridgehead atoms. The van der Waals surface area contributed by atoms with E-state index in [1.165, 1.54) is 17.8 Å². The SMILES string of the molecule is CN(O)SNCCn1cccc(Nc2nc(Cl)ncc2N)c1=O. The summed E-state index contributed by atoms with van der Waals surface area (Å²) in [6, 6.07) is 3.35. The second kappa shape index (κ2) is 8.13. The zero-order valence-corrected chi connectivity index (χ0v) is 13.8. The molecule has 0 saturated heterocycles. The fourth-order valence-corrected chi connectivity index (χ4v) is 2.21. The van der Waals surface area contributed by atoms with Crippen molar-refractivity contribution in [3.05, 3.63) is 40.2 Å². The molecule has 0 aliphatic rings. The second-order valence-corrected chi connectivity index (χ2v) is 5.78. The number of nitrogens with two attached hydrogens (primary N) is 1. The van der Waals surface area contributed by atoms with Gasteiger partial charge in [0, 0.05) is 38.5 Å². The maximum absolute atomic E-state index is 12.4. The van der Waals surface area contributed by atoms with Crippen LogP contribution in [0, 0.1) is 0 Å². The lowest BCUT2D eigenvalue weighted by Gasteiger charge is -2.11. The van der Waals surface area contributed by atoms with Crippen LogP contribution in [0.3, 0.4) is 0 Å². The number of nitrogens with zero attached hydrogens (tertiary/aromatic N) is 4. The molecule has 2 aromatic heterocycles. The third-order valence-corrected chi connectivity index (χ3v) is 3.49. The van der Waals surface area contributed by atoms with Gasteiger partial charge in [-0.05, 0) is 23.7 Å². The average molecular weight is 358 g/mol. The minimum atomic E-state index is -0.231. The monoisotopic (exact) mass is 357 g/mol. The van der Waals surface area contributed by atoms with Crippen LogP contribution in [-0.2, 0) is 6.54 Å². The van der Waals surface area contributed by atoms with Crippen LogP contribution in [0.15, 0.2) is 29.3 Å². The lowest BCUT2D eigenvalue weighted by molar-refractivity contribution is 0.0443. The average Bonchev–Trinajstić information content (AvgIpc) is 2.50. The summed E-state index contributed by atoms with van der Waals surface area (Å²) in [7, 11) is 1.49. The quantitative estimate of drug-likeness (QED) is 0.249. The molecule has 0 amide bonds. The first-order valence-corrected chi connectivity index (χ1v) is 7.69. The smallest absolute Gasteiger partial charge is 0.274 e. The Morgan fingerprint density at radius 2 is 2.35 bits per heavy atom. The van der Waals surface area contributed by atoms with Gasteiger partial charge in [0.25, 0.3) is 5.56 Å². The van der Waals surface area contributed by atoms with Crippen LogP contribution in [0.1, 0.15) is 0 Å². The van der Waals surface area contributed by atoms with Crippen LogP contribution in [0.2, 0.25) is 5.28 Å². The van der Waals surface area contributed by atoms with E-state index in [0.29, 0.717) is 18.8 Å². The van der Waals surface area contributed by atoms with E-state index in [1.54, 1.807) is 18.3 Å². The molecule has 0 aliphatic carbocycles. The highest BCUT2D eigenvalue weighted by molar-refractivity contribution is 7.94. The van der Waals surface area contributed by atoms with Gasteiger partial charge in [0.1, 0.15) is 5.69 Å². The number of aromatic nitrogens is 3. The molecule has 0 aliphatic heterocycles. The third-order valence-electron chi connectivity index (χ3n) is 2.71. The molecule has 9 nitrogen and oxygen atoms in total. The Kier molecular flexibility index (Phi) is 6.19. The maximum atomic E-state index is 12.4. The molecular weight excluding hydrogens is 342 g/mol. The van der Waals surface area contributed by atoms with Gasteiger partial charge in [-0.3, -0.25) is 4.79 Å². The molecule has 5 N–H and O–H groups in total. The maximum Gasteiger partial charge on any atom is 0.274 e. The second-order valence-electron chi connectivity index (χ2n) is 4.44. The number of halogens is 1. The van der Waals surface area contributed by atoms with Gasteiger partial charge in [-0.25, -0.2) is 9.71 Å². The Balaban J connectivity index is 2.10. The summed E-state index contributed by atoms with van der Waals surface area (Å²) in [5, 5.41) is 11.9. The standard InChI is InChI=1S/C12H16ClN7O2S/c1-19(22)23-16-4-6-20-5-2-3-9(11(20)21)17-10-8(14)7-15-12(13)18-10/h2-3,5,7,16,22H,4,6,14H2,1H3,(H,15,17,18). The predicted octanol–water partition coefficient (Wildman–Crippen LogP) is 1.09. The Morgan fingerprint density at radius 3 is 3.09 bits per heavy atom. The van der Waals surface area contributed by atoms with Gasteiger partial charge in [-0.15, -0.1) is 4.47 Å². The van der Waals surface area contributed by atoms with Crippen molar-refractivity contribution < 1.29 is 5.21 Å². The summed E-state index contributed by atoms with van der Waals surface area (Å²) in [4.78, 5) is 20.1. The van der Waals surface area contributed by atoms with Gasteiger partial charge in [0.15, 0.2) is 5.82 Å². The fourth-order valence-electron chi connectivity index (χ4n) is 1.71. The fraction of sp³-hybridized carbons (Fsp3) is 0.250. The van der Waals surface area contributed by atoms with Gasteiger partial charge < -0.3 is 20.8 Å². The number of rotatable bonds is 7. The molecule has 124 valence electrons. The van der Waals surface area contributed by atoms with Crippen molar-refractivity contribution in [3.8, 4) is 0 Å². The first-order valence-electron chi connectivity index (χ1n) is 6.54. The molecule has 0 radical (unpaired) electrons. The molecule has 11 heteroatoms. The van der Waals surface area contributed by atoms with Gasteiger partial charge in [-0.1, -0.05) is 0 Å². The molecule has 23 heavy (non-hydrogen) atoms. The largest absolute Gasteiger partial charge is 0.394 e. The van der Waals surface area contributed by atoms with Crippen LogP contribution in [0.25, 0.3) is 0 Å². The van der Waals surface area contributed by atoms with E-state index in [9.17, 15) is 4.79 Å². The molecule has 2 heterocycles. The highest BCUT2D eigenvalue weighted by Gasteiger charge is 2.08. The van der Waals surface area contributed by atoms with Gasteiger partial charge in [-0.2, -0.15) is 4.98 Å². The number of nitrogen functional groups attached to an aromatic ring is 1. The van der Waals surface area contributed by atoms with Crippen molar-refractivity contribution in [2.45, 2.75) is 6.54 Å². The van der Waals surface area contributed by atoms with E-state index >= 15 is 0 Å². The lowest BCUT2D eigenvalue weighted by Crippen LogP contribution is -2.27. The van der Waals surface area contributed by atoms with Crippen molar-refractivity contribution in [2.24, 2.45) is 0 Å². The van der Waals surface area contributed by atoms with Crippen molar-refractivity contribution in [2.75, 3.05) is 24.6 Å².